The van der Waals surface area contributed by atoms with Crippen molar-refractivity contribution in [3.63, 3.8) is 0 Å². The van der Waals surface area contributed by atoms with Crippen LogP contribution in [0.4, 0.5) is 11.5 Å². The summed E-state index contributed by atoms with van der Waals surface area (Å²) in [5.74, 6) is 2.07. The van der Waals surface area contributed by atoms with Gasteiger partial charge in [-0.25, -0.2) is 15.0 Å². The van der Waals surface area contributed by atoms with E-state index in [0.717, 1.165) is 33.9 Å². The summed E-state index contributed by atoms with van der Waals surface area (Å²) < 4.78 is 9.89. The van der Waals surface area contributed by atoms with Crippen molar-refractivity contribution in [2.45, 2.75) is 6.92 Å². The molecule has 0 amide bonds. The monoisotopic (exact) mass is 418 g/mol. The van der Waals surface area contributed by atoms with Crippen molar-refractivity contribution in [1.29, 1.82) is 0 Å². The number of hydrogen-bond acceptors (Lipinski definition) is 6. The van der Waals surface area contributed by atoms with Crippen molar-refractivity contribution in [2.24, 2.45) is 7.05 Å². The van der Waals surface area contributed by atoms with Crippen molar-refractivity contribution < 1.29 is 9.42 Å². The molecule has 0 spiro atoms. The van der Waals surface area contributed by atoms with Gasteiger partial charge in [-0.1, -0.05) is 11.6 Å². The lowest BCUT2D eigenvalue weighted by molar-refractivity contribution is -0.739. The third-order valence-electron chi connectivity index (χ3n) is 4.70. The van der Waals surface area contributed by atoms with Crippen LogP contribution in [-0.4, -0.2) is 24.5 Å². The standard InChI is InChI=1S/C21H17ClN7O/c1-13-9-14(26-21-20-16(23-11-24-21)4-6-18(22)27-20)3-5-17(13)30-15-7-8-29-19(10-15)25-12-28(29)2/h3-12H,1-2H3,(H,23,24,26)/q+1. The molecule has 5 rings (SSSR count). The van der Waals surface area contributed by atoms with Crippen molar-refractivity contribution in [3.8, 4) is 11.5 Å². The summed E-state index contributed by atoms with van der Waals surface area (Å²) in [5.41, 5.74) is 3.98. The van der Waals surface area contributed by atoms with Gasteiger partial charge in [-0.2, -0.15) is 4.68 Å². The minimum Gasteiger partial charge on any atom is -0.457 e. The maximum atomic E-state index is 6.07. The van der Waals surface area contributed by atoms with Crippen LogP contribution < -0.4 is 14.7 Å². The Labute approximate surface area is 176 Å². The molecule has 1 aromatic carbocycles. The smallest absolute Gasteiger partial charge is 0.307 e. The first-order valence-corrected chi connectivity index (χ1v) is 9.60. The average molecular weight is 419 g/mol. The maximum absolute atomic E-state index is 6.07. The van der Waals surface area contributed by atoms with Crippen LogP contribution in [0.5, 0.6) is 11.5 Å². The number of ether oxygens (including phenoxy) is 1. The van der Waals surface area contributed by atoms with Crippen LogP contribution in [0.1, 0.15) is 5.56 Å². The van der Waals surface area contributed by atoms with Crippen LogP contribution in [0, 0.1) is 6.92 Å². The zero-order chi connectivity index (χ0) is 20.7. The first-order valence-electron chi connectivity index (χ1n) is 9.23. The predicted molar refractivity (Wildman–Crippen MR) is 113 cm³/mol. The Kier molecular flexibility index (Phi) is 4.40. The van der Waals surface area contributed by atoms with Gasteiger partial charge in [0, 0.05) is 11.8 Å². The lowest BCUT2D eigenvalue weighted by Crippen LogP contribution is -2.33. The van der Waals surface area contributed by atoms with E-state index in [9.17, 15) is 0 Å². The van der Waals surface area contributed by atoms with Gasteiger partial charge >= 0.3 is 6.33 Å². The van der Waals surface area contributed by atoms with Crippen LogP contribution >= 0.6 is 11.6 Å². The molecule has 9 heteroatoms. The van der Waals surface area contributed by atoms with Crippen molar-refractivity contribution in [1.82, 2.24) is 24.5 Å². The summed E-state index contributed by atoms with van der Waals surface area (Å²) >= 11 is 6.04. The zero-order valence-electron chi connectivity index (χ0n) is 16.2. The molecule has 0 aliphatic heterocycles. The SMILES string of the molecule is Cc1cc(Nc2ncnc3ccc(Cl)nc23)ccc1Oc1ccn2c(c1)nc[n+]2C. The molecule has 0 bridgehead atoms. The molecule has 0 radical (unpaired) electrons. The number of nitrogens with one attached hydrogen (secondary N) is 1. The molecule has 0 saturated heterocycles. The minimum atomic E-state index is 0.392. The van der Waals surface area contributed by atoms with Crippen LogP contribution in [0.2, 0.25) is 5.15 Å². The Hall–Kier alpha value is -3.78. The number of benzene rings is 1. The van der Waals surface area contributed by atoms with Crippen LogP contribution in [-0.2, 0) is 7.05 Å². The third-order valence-corrected chi connectivity index (χ3v) is 4.91. The molecule has 5 aromatic rings. The van der Waals surface area contributed by atoms with E-state index in [2.05, 4.69) is 25.3 Å². The van der Waals surface area contributed by atoms with E-state index in [1.807, 2.05) is 65.8 Å². The van der Waals surface area contributed by atoms with Gasteiger partial charge in [0.15, 0.2) is 5.82 Å². The van der Waals surface area contributed by atoms with Gasteiger partial charge in [0.25, 0.3) is 5.65 Å². The number of halogens is 1. The van der Waals surface area contributed by atoms with E-state index < -0.39 is 0 Å². The van der Waals surface area contributed by atoms with Crippen molar-refractivity contribution in [2.75, 3.05) is 5.32 Å². The first-order chi connectivity index (χ1) is 14.6. The van der Waals surface area contributed by atoms with E-state index in [4.69, 9.17) is 16.3 Å². The number of nitrogens with zero attached hydrogens (tertiary/aromatic N) is 6. The highest BCUT2D eigenvalue weighted by atomic mass is 35.5. The van der Waals surface area contributed by atoms with Crippen molar-refractivity contribution >= 4 is 39.8 Å². The second kappa shape index (κ2) is 7.23. The molecule has 0 aliphatic carbocycles. The normalized spacial score (nSPS) is 11.2. The van der Waals surface area contributed by atoms with Gasteiger partial charge in [-0.3, -0.25) is 0 Å². The average Bonchev–Trinajstić information content (AvgIpc) is 3.11. The number of rotatable bonds is 4. The molecule has 30 heavy (non-hydrogen) atoms. The van der Waals surface area contributed by atoms with Gasteiger partial charge in [-0.15, -0.1) is 4.52 Å². The fourth-order valence-corrected chi connectivity index (χ4v) is 3.35. The number of fused-ring (bicyclic) bond motifs is 2. The number of pyridine rings is 2. The Morgan fingerprint density at radius 3 is 2.83 bits per heavy atom. The van der Waals surface area contributed by atoms with Crippen molar-refractivity contribution in [3.05, 3.63) is 72.0 Å². The van der Waals surface area contributed by atoms with E-state index in [1.54, 1.807) is 12.4 Å². The van der Waals surface area contributed by atoms with Gasteiger partial charge in [-0.05, 0) is 47.8 Å². The quantitative estimate of drug-likeness (QED) is 0.351. The Balaban J connectivity index is 1.41. The molecule has 0 aliphatic rings. The fraction of sp³-hybridized carbons (Fsp3) is 0.0952. The molecule has 0 atom stereocenters. The molecule has 0 saturated carbocycles. The maximum Gasteiger partial charge on any atom is 0.307 e. The van der Waals surface area contributed by atoms with E-state index in [0.29, 0.717) is 16.5 Å². The van der Waals surface area contributed by atoms with E-state index in [1.165, 1.54) is 6.33 Å². The number of hydrogen-bond donors (Lipinski definition) is 1. The topological polar surface area (TPSA) is 81.1 Å². The second-order valence-electron chi connectivity index (χ2n) is 6.81. The molecule has 1 N–H and O–H groups in total. The highest BCUT2D eigenvalue weighted by Gasteiger charge is 2.11. The van der Waals surface area contributed by atoms with Gasteiger partial charge in [0.2, 0.25) is 0 Å². The minimum absolute atomic E-state index is 0.392. The lowest BCUT2D eigenvalue weighted by Gasteiger charge is -2.12. The molecule has 8 nitrogen and oxygen atoms in total. The predicted octanol–water partition coefficient (Wildman–Crippen LogP) is 3.99. The highest BCUT2D eigenvalue weighted by molar-refractivity contribution is 6.29. The zero-order valence-corrected chi connectivity index (χ0v) is 17.0. The largest absolute Gasteiger partial charge is 0.457 e. The summed E-state index contributed by atoms with van der Waals surface area (Å²) in [7, 11) is 1.93. The van der Waals surface area contributed by atoms with Gasteiger partial charge < -0.3 is 10.1 Å². The van der Waals surface area contributed by atoms with E-state index >= 15 is 0 Å². The van der Waals surface area contributed by atoms with Gasteiger partial charge in [0.1, 0.15) is 35.5 Å². The Bertz CT molecular complexity index is 1400. The van der Waals surface area contributed by atoms with E-state index in [-0.39, 0.29) is 0 Å². The molecule has 148 valence electrons. The first kappa shape index (κ1) is 18.3. The number of aromatic nitrogens is 6. The summed E-state index contributed by atoms with van der Waals surface area (Å²) in [5, 5.41) is 3.68. The summed E-state index contributed by atoms with van der Waals surface area (Å²) in [4.78, 5) is 17.2. The Morgan fingerprint density at radius 2 is 1.97 bits per heavy atom. The molecule has 0 unspecified atom stereocenters. The lowest BCUT2D eigenvalue weighted by atomic mass is 10.2. The second-order valence-corrected chi connectivity index (χ2v) is 7.20. The molecular formula is C21H17ClN7O+. The van der Waals surface area contributed by atoms with Crippen LogP contribution in [0.25, 0.3) is 16.7 Å². The highest BCUT2D eigenvalue weighted by Crippen LogP contribution is 2.29. The van der Waals surface area contributed by atoms with Crippen LogP contribution in [0.15, 0.2) is 61.3 Å². The van der Waals surface area contributed by atoms with Crippen LogP contribution in [0.3, 0.4) is 0 Å². The summed E-state index contributed by atoms with van der Waals surface area (Å²) in [6.45, 7) is 1.99. The third kappa shape index (κ3) is 3.37. The fourth-order valence-electron chi connectivity index (χ4n) is 3.20. The molecule has 4 aromatic heterocycles. The number of aryl methyl sites for hydroxylation is 2. The summed E-state index contributed by atoms with van der Waals surface area (Å²) in [6, 6.07) is 13.2. The molecule has 4 heterocycles. The van der Waals surface area contributed by atoms with Gasteiger partial charge in [0.05, 0.1) is 17.8 Å². The molecule has 0 fully saturated rings. The summed E-state index contributed by atoms with van der Waals surface area (Å²) in [6.07, 6.45) is 5.17. The Morgan fingerprint density at radius 1 is 1.07 bits per heavy atom. The number of anilines is 2. The molecular weight excluding hydrogens is 402 g/mol.